The molecule has 4 rings (SSSR count). The number of ether oxygens (including phenoxy) is 1. The predicted molar refractivity (Wildman–Crippen MR) is 92.4 cm³/mol. The van der Waals surface area contributed by atoms with Gasteiger partial charge in [0.2, 0.25) is 0 Å². The lowest BCUT2D eigenvalue weighted by atomic mass is 10.1. The molecule has 3 aromatic rings. The quantitative estimate of drug-likeness (QED) is 0.676. The highest BCUT2D eigenvalue weighted by Gasteiger charge is 2.24. The molecule has 0 saturated carbocycles. The molecule has 0 aliphatic carbocycles. The number of nitrogens with zero attached hydrogens (tertiary/aromatic N) is 3. The Balaban J connectivity index is 1.44. The summed E-state index contributed by atoms with van der Waals surface area (Å²) in [5.41, 5.74) is 1.00. The fourth-order valence-corrected chi connectivity index (χ4v) is 3.09. The van der Waals surface area contributed by atoms with Crippen LogP contribution in [0.1, 0.15) is 17.5 Å². The summed E-state index contributed by atoms with van der Waals surface area (Å²) in [6, 6.07) is 9.14. The van der Waals surface area contributed by atoms with Gasteiger partial charge in [-0.2, -0.15) is 4.98 Å². The molecule has 1 aliphatic rings. The van der Waals surface area contributed by atoms with Crippen LogP contribution >= 0.6 is 23.2 Å². The van der Waals surface area contributed by atoms with Crippen LogP contribution in [0, 0.1) is 0 Å². The van der Waals surface area contributed by atoms with Crippen molar-refractivity contribution in [2.75, 3.05) is 19.7 Å². The zero-order chi connectivity index (χ0) is 17.2. The van der Waals surface area contributed by atoms with Crippen LogP contribution in [0.5, 0.6) is 0 Å². The number of aromatic nitrogens is 2. The highest BCUT2D eigenvalue weighted by Crippen LogP contribution is 2.29. The molecule has 0 N–H and O–H groups in total. The van der Waals surface area contributed by atoms with E-state index in [1.54, 1.807) is 24.5 Å². The van der Waals surface area contributed by atoms with Gasteiger partial charge < -0.3 is 13.7 Å². The van der Waals surface area contributed by atoms with E-state index in [1.165, 1.54) is 0 Å². The summed E-state index contributed by atoms with van der Waals surface area (Å²) in [5, 5.41) is 5.09. The van der Waals surface area contributed by atoms with Crippen molar-refractivity contribution in [3.8, 4) is 11.7 Å². The van der Waals surface area contributed by atoms with Gasteiger partial charge in [0, 0.05) is 13.1 Å². The van der Waals surface area contributed by atoms with E-state index in [2.05, 4.69) is 15.0 Å². The molecular weight excluding hydrogens is 365 g/mol. The molecule has 0 radical (unpaired) electrons. The molecule has 25 heavy (non-hydrogen) atoms. The van der Waals surface area contributed by atoms with Gasteiger partial charge >= 0.3 is 0 Å². The van der Waals surface area contributed by atoms with Crippen molar-refractivity contribution in [1.29, 1.82) is 0 Å². The maximum absolute atomic E-state index is 6.11. The zero-order valence-corrected chi connectivity index (χ0v) is 14.7. The zero-order valence-electron chi connectivity index (χ0n) is 13.2. The van der Waals surface area contributed by atoms with E-state index in [4.69, 9.17) is 36.9 Å². The minimum atomic E-state index is -0.0695. The van der Waals surface area contributed by atoms with E-state index in [0.717, 1.165) is 12.1 Å². The molecule has 2 aromatic heterocycles. The van der Waals surface area contributed by atoms with Crippen molar-refractivity contribution >= 4 is 23.2 Å². The molecule has 130 valence electrons. The minimum Gasteiger partial charge on any atom is -0.459 e. The molecule has 1 unspecified atom stereocenters. The lowest BCUT2D eigenvalue weighted by Crippen LogP contribution is -2.38. The summed E-state index contributed by atoms with van der Waals surface area (Å²) in [6.45, 7) is 2.70. The van der Waals surface area contributed by atoms with Gasteiger partial charge in [-0.25, -0.2) is 0 Å². The number of rotatable bonds is 4. The fourth-order valence-electron chi connectivity index (χ4n) is 2.78. The molecule has 1 aliphatic heterocycles. The van der Waals surface area contributed by atoms with Gasteiger partial charge in [0.15, 0.2) is 11.6 Å². The Morgan fingerprint density at radius 2 is 2.12 bits per heavy atom. The SMILES string of the molecule is Clc1ccc(C2CN(Cc3noc(-c4ccco4)n3)CCO2)cc1Cl. The Bertz CT molecular complexity index is 851. The van der Waals surface area contributed by atoms with Crippen molar-refractivity contribution < 1.29 is 13.7 Å². The molecule has 1 saturated heterocycles. The van der Waals surface area contributed by atoms with Gasteiger partial charge in [0.25, 0.3) is 5.89 Å². The Labute approximate surface area is 154 Å². The summed E-state index contributed by atoms with van der Waals surface area (Å²) in [6.07, 6.45) is 1.50. The second-order valence-electron chi connectivity index (χ2n) is 5.76. The van der Waals surface area contributed by atoms with Crippen molar-refractivity contribution in [2.45, 2.75) is 12.6 Å². The highest BCUT2D eigenvalue weighted by atomic mass is 35.5. The molecular formula is C17H15Cl2N3O3. The van der Waals surface area contributed by atoms with Gasteiger partial charge in [-0.05, 0) is 29.8 Å². The monoisotopic (exact) mass is 379 g/mol. The predicted octanol–water partition coefficient (Wildman–Crippen LogP) is 4.21. The van der Waals surface area contributed by atoms with Crippen LogP contribution < -0.4 is 0 Å². The summed E-state index contributed by atoms with van der Waals surface area (Å²) in [7, 11) is 0. The van der Waals surface area contributed by atoms with E-state index < -0.39 is 0 Å². The van der Waals surface area contributed by atoms with Crippen LogP contribution in [0.3, 0.4) is 0 Å². The third-order valence-electron chi connectivity index (χ3n) is 4.03. The molecule has 0 spiro atoms. The number of furan rings is 1. The van der Waals surface area contributed by atoms with Crippen LogP contribution in [0.4, 0.5) is 0 Å². The second kappa shape index (κ2) is 7.17. The van der Waals surface area contributed by atoms with Crippen LogP contribution in [-0.2, 0) is 11.3 Å². The van der Waals surface area contributed by atoms with E-state index in [0.29, 0.717) is 47.2 Å². The lowest BCUT2D eigenvalue weighted by Gasteiger charge is -2.32. The Morgan fingerprint density at radius 1 is 1.20 bits per heavy atom. The average Bonchev–Trinajstić information content (AvgIpc) is 3.29. The smallest absolute Gasteiger partial charge is 0.293 e. The van der Waals surface area contributed by atoms with Crippen molar-refractivity contribution in [3.05, 3.63) is 58.0 Å². The second-order valence-corrected chi connectivity index (χ2v) is 6.58. The number of morpholine rings is 1. The fraction of sp³-hybridized carbons (Fsp3) is 0.294. The van der Waals surface area contributed by atoms with Gasteiger partial charge in [0.05, 0.1) is 35.6 Å². The molecule has 6 nitrogen and oxygen atoms in total. The topological polar surface area (TPSA) is 64.5 Å². The average molecular weight is 380 g/mol. The first kappa shape index (κ1) is 16.6. The summed E-state index contributed by atoms with van der Waals surface area (Å²) in [4.78, 5) is 6.59. The minimum absolute atomic E-state index is 0.0695. The van der Waals surface area contributed by atoms with Crippen LogP contribution in [0.25, 0.3) is 11.7 Å². The van der Waals surface area contributed by atoms with Gasteiger partial charge in [-0.3, -0.25) is 4.90 Å². The van der Waals surface area contributed by atoms with E-state index in [9.17, 15) is 0 Å². The molecule has 1 fully saturated rings. The molecule has 8 heteroatoms. The maximum atomic E-state index is 6.11. The van der Waals surface area contributed by atoms with E-state index in [-0.39, 0.29) is 6.10 Å². The highest BCUT2D eigenvalue weighted by molar-refractivity contribution is 6.42. The molecule has 1 aromatic carbocycles. The lowest BCUT2D eigenvalue weighted by molar-refractivity contribution is -0.0338. The number of hydrogen-bond acceptors (Lipinski definition) is 6. The first-order valence-corrected chi connectivity index (χ1v) is 8.60. The number of hydrogen-bond donors (Lipinski definition) is 0. The van der Waals surface area contributed by atoms with Crippen LogP contribution in [0.2, 0.25) is 10.0 Å². The first-order valence-electron chi connectivity index (χ1n) is 7.84. The van der Waals surface area contributed by atoms with Crippen molar-refractivity contribution in [2.24, 2.45) is 0 Å². The molecule has 0 bridgehead atoms. The van der Waals surface area contributed by atoms with Crippen molar-refractivity contribution in [1.82, 2.24) is 15.0 Å². The summed E-state index contributed by atoms with van der Waals surface area (Å²) >= 11 is 12.1. The summed E-state index contributed by atoms with van der Waals surface area (Å²) in [5.74, 6) is 1.56. The normalized spacial score (nSPS) is 18.6. The van der Waals surface area contributed by atoms with Crippen LogP contribution in [0.15, 0.2) is 45.5 Å². The van der Waals surface area contributed by atoms with Gasteiger partial charge in [-0.1, -0.05) is 34.4 Å². The Hall–Kier alpha value is -1.86. The molecule has 0 amide bonds. The van der Waals surface area contributed by atoms with Gasteiger partial charge in [0.1, 0.15) is 0 Å². The van der Waals surface area contributed by atoms with E-state index >= 15 is 0 Å². The Kier molecular flexibility index (Phi) is 4.76. The molecule has 1 atom stereocenters. The van der Waals surface area contributed by atoms with Gasteiger partial charge in [-0.15, -0.1) is 0 Å². The standard InChI is InChI=1S/C17H15Cl2N3O3/c18-12-4-3-11(8-13(12)19)15-9-22(5-7-24-15)10-16-20-17(25-21-16)14-2-1-6-23-14/h1-4,6,8,15H,5,7,9-10H2. The third kappa shape index (κ3) is 3.72. The van der Waals surface area contributed by atoms with Crippen LogP contribution in [-0.4, -0.2) is 34.7 Å². The number of benzene rings is 1. The van der Waals surface area contributed by atoms with Crippen molar-refractivity contribution in [3.63, 3.8) is 0 Å². The summed E-state index contributed by atoms with van der Waals surface area (Å²) < 4.78 is 16.4. The number of halogens is 2. The molecule has 3 heterocycles. The largest absolute Gasteiger partial charge is 0.459 e. The Morgan fingerprint density at radius 3 is 2.92 bits per heavy atom. The third-order valence-corrected chi connectivity index (χ3v) is 4.77. The first-order chi connectivity index (χ1) is 12.2. The maximum Gasteiger partial charge on any atom is 0.293 e. The van der Waals surface area contributed by atoms with E-state index in [1.807, 2.05) is 12.1 Å².